The lowest BCUT2D eigenvalue weighted by Crippen LogP contribution is -2.54. The smallest absolute Gasteiger partial charge is 0.264 e. The molecule has 294 valence electrons. The largest absolute Gasteiger partial charge is 0.382 e. The Morgan fingerprint density at radius 2 is 1.84 bits per heavy atom. The average Bonchev–Trinajstić information content (AvgIpc) is 3.77. The van der Waals surface area contributed by atoms with Crippen molar-refractivity contribution in [1.29, 1.82) is 0 Å². The zero-order chi connectivity index (χ0) is 38.9. The number of hydrogen-bond donors (Lipinski definition) is 3. The van der Waals surface area contributed by atoms with Crippen LogP contribution in [0.2, 0.25) is 0 Å². The molecule has 2 unspecified atom stereocenters. The van der Waals surface area contributed by atoms with Crippen LogP contribution in [0.1, 0.15) is 88.9 Å². The monoisotopic (exact) mass is 782 g/mol. The number of rotatable bonds is 14. The zero-order valence-corrected chi connectivity index (χ0v) is 32.2. The van der Waals surface area contributed by atoms with E-state index < -0.39 is 29.7 Å². The molecule has 8 rings (SSSR count). The van der Waals surface area contributed by atoms with Crippen molar-refractivity contribution in [2.24, 2.45) is 11.8 Å². The molecule has 0 radical (unpaired) electrons. The number of amides is 6. The molecule has 5 aliphatic rings. The highest BCUT2D eigenvalue weighted by atomic mass is 32.1. The first kappa shape index (κ1) is 37.9. The summed E-state index contributed by atoms with van der Waals surface area (Å²) in [6, 6.07) is 10.1. The van der Waals surface area contributed by atoms with E-state index in [9.17, 15) is 28.8 Å². The maximum absolute atomic E-state index is 13.3. The van der Waals surface area contributed by atoms with Crippen LogP contribution in [-0.2, 0) is 35.1 Å². The minimum Gasteiger partial charge on any atom is -0.382 e. The molecule has 0 spiro atoms. The van der Waals surface area contributed by atoms with Crippen molar-refractivity contribution in [2.75, 3.05) is 48.4 Å². The van der Waals surface area contributed by atoms with Gasteiger partial charge in [0.05, 0.1) is 42.7 Å². The topological polar surface area (TPSA) is 176 Å². The third kappa shape index (κ3) is 7.98. The number of aromatic nitrogens is 1. The van der Waals surface area contributed by atoms with Crippen molar-refractivity contribution >= 4 is 63.3 Å². The molecule has 1 saturated heterocycles. The van der Waals surface area contributed by atoms with Crippen molar-refractivity contribution in [2.45, 2.75) is 83.3 Å². The van der Waals surface area contributed by atoms with E-state index in [1.807, 2.05) is 24.0 Å². The summed E-state index contributed by atoms with van der Waals surface area (Å²) in [7, 11) is 0. The number of ether oxygens (including phenoxy) is 2. The second-order valence-electron chi connectivity index (χ2n) is 15.3. The highest BCUT2D eigenvalue weighted by Crippen LogP contribution is 2.39. The van der Waals surface area contributed by atoms with E-state index >= 15 is 0 Å². The lowest BCUT2D eigenvalue weighted by Gasteiger charge is -2.28. The van der Waals surface area contributed by atoms with Crippen LogP contribution in [0.15, 0.2) is 36.4 Å². The lowest BCUT2D eigenvalue weighted by molar-refractivity contribution is -0.136. The summed E-state index contributed by atoms with van der Waals surface area (Å²) in [5, 5.41) is 9.02. The minimum absolute atomic E-state index is 0.0474. The number of anilines is 3. The quantitative estimate of drug-likeness (QED) is 0.151. The molecule has 2 saturated carbocycles. The molecule has 3 aromatic rings. The van der Waals surface area contributed by atoms with Crippen LogP contribution in [0.4, 0.5) is 16.5 Å². The molecule has 3 N–H and O–H groups in total. The van der Waals surface area contributed by atoms with Gasteiger partial charge in [0, 0.05) is 53.7 Å². The highest BCUT2D eigenvalue weighted by Gasteiger charge is 2.45. The Hall–Kier alpha value is -4.99. The van der Waals surface area contributed by atoms with Gasteiger partial charge >= 0.3 is 0 Å². The molecule has 1 aromatic heterocycles. The SMILES string of the molecule is Cc1sc(NC(=O)CC2CCC[C@@H](OCCOCCNc3cccc4c3C(=O)N(C3CCC(=O)NC3=O)C4=O)C2)nc1-c1ccc2c(c1)CCN2C(=O)C1CC1. The van der Waals surface area contributed by atoms with Crippen molar-refractivity contribution in [1.82, 2.24) is 15.2 Å². The van der Waals surface area contributed by atoms with Crippen LogP contribution < -0.4 is 20.9 Å². The number of benzene rings is 2. The van der Waals surface area contributed by atoms with Gasteiger partial charge in [0.15, 0.2) is 5.13 Å². The number of nitrogens with one attached hydrogen (secondary N) is 3. The molecule has 2 aromatic carbocycles. The average molecular weight is 783 g/mol. The van der Waals surface area contributed by atoms with Gasteiger partial charge in [-0.15, -0.1) is 11.3 Å². The first-order valence-electron chi connectivity index (χ1n) is 19.6. The van der Waals surface area contributed by atoms with Gasteiger partial charge in [0.25, 0.3) is 11.8 Å². The van der Waals surface area contributed by atoms with Crippen LogP contribution in [0.5, 0.6) is 0 Å². The van der Waals surface area contributed by atoms with Gasteiger partial charge in [-0.1, -0.05) is 18.6 Å². The van der Waals surface area contributed by atoms with Gasteiger partial charge in [0.1, 0.15) is 6.04 Å². The summed E-state index contributed by atoms with van der Waals surface area (Å²) in [5.41, 5.74) is 4.95. The Morgan fingerprint density at radius 3 is 2.66 bits per heavy atom. The van der Waals surface area contributed by atoms with Crippen molar-refractivity contribution in [3.63, 3.8) is 0 Å². The molecular weight excluding hydrogens is 737 g/mol. The van der Waals surface area contributed by atoms with Crippen LogP contribution in [0, 0.1) is 18.8 Å². The summed E-state index contributed by atoms with van der Waals surface area (Å²) in [6.07, 6.45) is 7.14. The molecule has 3 aliphatic heterocycles. The first-order chi connectivity index (χ1) is 27.1. The van der Waals surface area contributed by atoms with Crippen molar-refractivity contribution < 1.29 is 38.2 Å². The fourth-order valence-corrected chi connectivity index (χ4v) is 9.21. The van der Waals surface area contributed by atoms with E-state index in [-0.39, 0.29) is 53.7 Å². The molecular formula is C41H46N6O8S. The molecule has 3 fully saturated rings. The van der Waals surface area contributed by atoms with E-state index in [0.717, 1.165) is 78.2 Å². The molecule has 15 heteroatoms. The molecule has 2 aliphatic carbocycles. The van der Waals surface area contributed by atoms with Crippen LogP contribution in [0.25, 0.3) is 11.3 Å². The molecule has 56 heavy (non-hydrogen) atoms. The number of thiazole rings is 1. The Kier molecular flexibility index (Phi) is 11.0. The number of fused-ring (bicyclic) bond motifs is 2. The number of carbonyl (C=O) groups is 6. The number of aryl methyl sites for hydroxylation is 1. The standard InChI is InChI=1S/C41H46N6O8S/c1-23-36(27-10-11-31-26(22-27)14-16-46(31)38(51)25-8-9-25)45-41(56-23)44-34(49)21-24-4-2-5-28(20-24)55-19-18-54-17-15-42-30-7-3-6-29-35(30)40(53)47(39(29)52)32-12-13-33(48)43-37(32)50/h3,6-7,10-11,22,24-25,28,32,42H,2,4-5,8-9,12-21H2,1H3,(H,43,48,50)(H,44,45,49)/t24?,28-,32?/m1/s1. The molecule has 0 bridgehead atoms. The number of imide groups is 2. The Bertz CT molecular complexity index is 2080. The van der Waals surface area contributed by atoms with Crippen LogP contribution in [0.3, 0.4) is 0 Å². The van der Waals surface area contributed by atoms with Gasteiger partial charge in [-0.25, -0.2) is 4.98 Å². The second-order valence-corrected chi connectivity index (χ2v) is 16.5. The highest BCUT2D eigenvalue weighted by molar-refractivity contribution is 7.16. The maximum Gasteiger partial charge on any atom is 0.264 e. The Labute approximate surface area is 328 Å². The molecule has 4 heterocycles. The minimum atomic E-state index is -1.02. The summed E-state index contributed by atoms with van der Waals surface area (Å²) >= 11 is 1.48. The van der Waals surface area contributed by atoms with E-state index in [1.165, 1.54) is 16.9 Å². The summed E-state index contributed by atoms with van der Waals surface area (Å²) in [6.45, 7) is 4.26. The summed E-state index contributed by atoms with van der Waals surface area (Å²) in [5.74, 6) is -1.56. The second kappa shape index (κ2) is 16.2. The molecule has 14 nitrogen and oxygen atoms in total. The lowest BCUT2D eigenvalue weighted by atomic mass is 9.85. The van der Waals surface area contributed by atoms with Crippen molar-refractivity contribution in [3.05, 3.63) is 58.0 Å². The summed E-state index contributed by atoms with van der Waals surface area (Å²) < 4.78 is 11.9. The van der Waals surface area contributed by atoms with E-state index in [1.54, 1.807) is 18.2 Å². The van der Waals surface area contributed by atoms with Gasteiger partial charge < -0.3 is 25.0 Å². The maximum atomic E-state index is 13.3. The fraction of sp³-hybridized carbons (Fsp3) is 0.488. The number of carbonyl (C=O) groups excluding carboxylic acids is 6. The van der Waals surface area contributed by atoms with E-state index in [2.05, 4.69) is 22.0 Å². The molecule has 3 atom stereocenters. The normalized spacial score (nSPS) is 21.9. The number of piperidine rings is 1. The Morgan fingerprint density at radius 1 is 0.982 bits per heavy atom. The van der Waals surface area contributed by atoms with Crippen LogP contribution >= 0.6 is 11.3 Å². The van der Waals surface area contributed by atoms with E-state index in [4.69, 9.17) is 14.5 Å². The number of hydrogen-bond acceptors (Lipinski definition) is 11. The van der Waals surface area contributed by atoms with Crippen molar-refractivity contribution in [3.8, 4) is 11.3 Å². The van der Waals surface area contributed by atoms with Gasteiger partial charge in [0.2, 0.25) is 23.6 Å². The predicted molar refractivity (Wildman–Crippen MR) is 208 cm³/mol. The third-order valence-electron chi connectivity index (χ3n) is 11.3. The summed E-state index contributed by atoms with van der Waals surface area (Å²) in [4.78, 5) is 84.9. The fourth-order valence-electron chi connectivity index (χ4n) is 8.35. The molecule has 6 amide bonds. The number of nitrogens with zero attached hydrogens (tertiary/aromatic N) is 3. The predicted octanol–water partition coefficient (Wildman–Crippen LogP) is 4.85. The first-order valence-corrected chi connectivity index (χ1v) is 20.5. The van der Waals surface area contributed by atoms with Gasteiger partial charge in [-0.05, 0) is 87.6 Å². The zero-order valence-electron chi connectivity index (χ0n) is 31.4. The van der Waals surface area contributed by atoms with Crippen LogP contribution in [-0.4, -0.2) is 90.4 Å². The van der Waals surface area contributed by atoms with Gasteiger partial charge in [-0.2, -0.15) is 0 Å². The van der Waals surface area contributed by atoms with Gasteiger partial charge in [-0.3, -0.25) is 39.0 Å². The third-order valence-corrected chi connectivity index (χ3v) is 12.2. The van der Waals surface area contributed by atoms with E-state index in [0.29, 0.717) is 43.6 Å². The Balaban J connectivity index is 0.748.